The molecule has 0 spiro atoms. The number of anilines is 1. The predicted octanol–water partition coefficient (Wildman–Crippen LogP) is 4.55. The topological polar surface area (TPSA) is 63.7 Å². The van der Waals surface area contributed by atoms with E-state index in [4.69, 9.17) is 27.9 Å². The Morgan fingerprint density at radius 3 is 2.54 bits per heavy atom. The van der Waals surface area contributed by atoms with Gasteiger partial charge in [0.15, 0.2) is 6.10 Å². The standard InChI is InChI=1S/C21H19Cl2NO4/c1-2-17(20(26)13-7-4-3-5-8-13)28-21(27)14-11-18(25)24(12-14)16-10-6-9-15(22)19(16)23/h3-10,14,17H,2,11-12H2,1H3/t14-,17-/m1/s1. The van der Waals surface area contributed by atoms with Crippen molar-refractivity contribution in [3.8, 4) is 0 Å². The molecule has 0 N–H and O–H groups in total. The van der Waals surface area contributed by atoms with Crippen LogP contribution in [0.5, 0.6) is 0 Å². The van der Waals surface area contributed by atoms with Crippen molar-refractivity contribution < 1.29 is 19.1 Å². The van der Waals surface area contributed by atoms with Crippen LogP contribution < -0.4 is 4.90 Å². The van der Waals surface area contributed by atoms with E-state index in [0.717, 1.165) is 0 Å². The van der Waals surface area contributed by atoms with Crippen molar-refractivity contribution in [3.05, 3.63) is 64.1 Å². The molecule has 0 radical (unpaired) electrons. The minimum Gasteiger partial charge on any atom is -0.454 e. The van der Waals surface area contributed by atoms with Crippen LogP contribution in [0.3, 0.4) is 0 Å². The van der Waals surface area contributed by atoms with Crippen molar-refractivity contribution in [2.75, 3.05) is 11.4 Å². The highest BCUT2D eigenvalue weighted by Crippen LogP contribution is 2.36. The molecule has 1 fully saturated rings. The minimum atomic E-state index is -0.881. The van der Waals surface area contributed by atoms with E-state index in [9.17, 15) is 14.4 Å². The molecule has 2 atom stereocenters. The highest BCUT2D eigenvalue weighted by Gasteiger charge is 2.38. The van der Waals surface area contributed by atoms with E-state index in [1.807, 2.05) is 6.07 Å². The first kappa shape index (κ1) is 20.4. The number of hydrogen-bond donors (Lipinski definition) is 0. The van der Waals surface area contributed by atoms with Crippen LogP contribution in [0.15, 0.2) is 48.5 Å². The molecule has 0 unspecified atom stereocenters. The van der Waals surface area contributed by atoms with Gasteiger partial charge >= 0.3 is 5.97 Å². The van der Waals surface area contributed by atoms with Gasteiger partial charge in [0.05, 0.1) is 21.7 Å². The van der Waals surface area contributed by atoms with Gasteiger partial charge in [-0.15, -0.1) is 0 Å². The van der Waals surface area contributed by atoms with E-state index >= 15 is 0 Å². The summed E-state index contributed by atoms with van der Waals surface area (Å²) in [4.78, 5) is 39.0. The van der Waals surface area contributed by atoms with Crippen molar-refractivity contribution >= 4 is 46.5 Å². The second-order valence-corrected chi connectivity index (χ2v) is 7.33. The van der Waals surface area contributed by atoms with E-state index in [0.29, 0.717) is 22.7 Å². The Morgan fingerprint density at radius 1 is 1.14 bits per heavy atom. The van der Waals surface area contributed by atoms with Crippen LogP contribution in [-0.2, 0) is 14.3 Å². The summed E-state index contributed by atoms with van der Waals surface area (Å²) >= 11 is 12.2. The molecule has 0 saturated carbocycles. The lowest BCUT2D eigenvalue weighted by atomic mass is 10.0. The molecule has 28 heavy (non-hydrogen) atoms. The van der Waals surface area contributed by atoms with Gasteiger partial charge in [-0.3, -0.25) is 14.4 Å². The lowest BCUT2D eigenvalue weighted by Crippen LogP contribution is -2.31. The van der Waals surface area contributed by atoms with Crippen LogP contribution in [0.4, 0.5) is 5.69 Å². The summed E-state index contributed by atoms with van der Waals surface area (Å²) in [6.45, 7) is 1.91. The maximum absolute atomic E-state index is 12.6. The molecule has 1 amide bonds. The molecule has 1 aliphatic rings. The van der Waals surface area contributed by atoms with Gasteiger partial charge in [0.2, 0.25) is 11.7 Å². The number of ether oxygens (including phenoxy) is 1. The normalized spacial score (nSPS) is 17.5. The molecule has 1 aliphatic heterocycles. The van der Waals surface area contributed by atoms with Crippen LogP contribution in [0.1, 0.15) is 30.1 Å². The van der Waals surface area contributed by atoms with Crippen LogP contribution in [0.2, 0.25) is 10.0 Å². The molecule has 2 aromatic carbocycles. The third-order valence-corrected chi connectivity index (χ3v) is 5.47. The summed E-state index contributed by atoms with van der Waals surface area (Å²) in [5.41, 5.74) is 0.943. The molecular weight excluding hydrogens is 401 g/mol. The van der Waals surface area contributed by atoms with Gasteiger partial charge in [-0.05, 0) is 18.6 Å². The number of carbonyl (C=O) groups excluding carboxylic acids is 3. The minimum absolute atomic E-state index is 0.00234. The SMILES string of the molecule is CC[C@@H](OC(=O)[C@@H]1CC(=O)N(c2cccc(Cl)c2Cl)C1)C(=O)c1ccccc1. The number of amides is 1. The summed E-state index contributed by atoms with van der Waals surface area (Å²) in [6.07, 6.45) is -0.532. The van der Waals surface area contributed by atoms with E-state index < -0.39 is 18.0 Å². The quantitative estimate of drug-likeness (QED) is 0.508. The largest absolute Gasteiger partial charge is 0.454 e. The predicted molar refractivity (Wildman–Crippen MR) is 108 cm³/mol. The Labute approximate surface area is 173 Å². The van der Waals surface area contributed by atoms with Crippen LogP contribution in [0.25, 0.3) is 0 Å². The summed E-state index contributed by atoms with van der Waals surface area (Å²) in [5, 5.41) is 0.592. The van der Waals surface area contributed by atoms with Crippen molar-refractivity contribution in [2.24, 2.45) is 5.92 Å². The fraction of sp³-hybridized carbons (Fsp3) is 0.286. The zero-order valence-corrected chi connectivity index (χ0v) is 16.7. The molecule has 1 heterocycles. The van der Waals surface area contributed by atoms with Crippen LogP contribution >= 0.6 is 23.2 Å². The van der Waals surface area contributed by atoms with Crippen molar-refractivity contribution in [3.63, 3.8) is 0 Å². The second-order valence-electron chi connectivity index (χ2n) is 6.54. The average Bonchev–Trinajstić information content (AvgIpc) is 3.10. The van der Waals surface area contributed by atoms with Gasteiger partial charge in [-0.1, -0.05) is 66.5 Å². The zero-order valence-electron chi connectivity index (χ0n) is 15.2. The van der Waals surface area contributed by atoms with E-state index in [1.54, 1.807) is 49.4 Å². The Bertz CT molecular complexity index is 901. The number of carbonyl (C=O) groups is 3. The Kier molecular flexibility index (Phi) is 6.37. The number of hydrogen-bond acceptors (Lipinski definition) is 4. The number of esters is 1. The van der Waals surface area contributed by atoms with Crippen LogP contribution in [-0.4, -0.2) is 30.3 Å². The fourth-order valence-corrected chi connectivity index (χ4v) is 3.54. The van der Waals surface area contributed by atoms with Crippen molar-refractivity contribution in [1.29, 1.82) is 0 Å². The molecule has 1 saturated heterocycles. The lowest BCUT2D eigenvalue weighted by molar-refractivity contribution is -0.151. The Morgan fingerprint density at radius 2 is 1.86 bits per heavy atom. The molecule has 7 heteroatoms. The van der Waals surface area contributed by atoms with Gasteiger partial charge in [0.25, 0.3) is 0 Å². The molecule has 146 valence electrons. The molecule has 2 aromatic rings. The highest BCUT2D eigenvalue weighted by atomic mass is 35.5. The summed E-state index contributed by atoms with van der Waals surface area (Å²) < 4.78 is 5.46. The first-order valence-electron chi connectivity index (χ1n) is 8.96. The first-order chi connectivity index (χ1) is 13.4. The van der Waals surface area contributed by atoms with Gasteiger partial charge in [-0.2, -0.15) is 0 Å². The number of Topliss-reactive ketones (excluding diaryl/α,β-unsaturated/α-hetero) is 1. The van der Waals surface area contributed by atoms with E-state index in [-0.39, 0.29) is 29.7 Å². The van der Waals surface area contributed by atoms with Gasteiger partial charge in [0, 0.05) is 18.5 Å². The summed E-state index contributed by atoms with van der Waals surface area (Å²) in [5.74, 6) is -1.73. The highest BCUT2D eigenvalue weighted by molar-refractivity contribution is 6.44. The smallest absolute Gasteiger partial charge is 0.312 e. The Hall–Kier alpha value is -2.37. The van der Waals surface area contributed by atoms with E-state index in [2.05, 4.69) is 0 Å². The molecular formula is C21H19Cl2NO4. The molecule has 3 rings (SSSR count). The number of ketones is 1. The van der Waals surface area contributed by atoms with E-state index in [1.165, 1.54) is 4.90 Å². The van der Waals surface area contributed by atoms with Crippen molar-refractivity contribution in [2.45, 2.75) is 25.9 Å². The van der Waals surface area contributed by atoms with Gasteiger partial charge < -0.3 is 9.64 Å². The summed E-state index contributed by atoms with van der Waals surface area (Å²) in [6, 6.07) is 13.7. The van der Waals surface area contributed by atoms with Crippen LogP contribution in [0, 0.1) is 5.92 Å². The number of benzene rings is 2. The number of rotatable bonds is 6. The maximum Gasteiger partial charge on any atom is 0.312 e. The van der Waals surface area contributed by atoms with Crippen molar-refractivity contribution in [1.82, 2.24) is 0 Å². The third kappa shape index (κ3) is 4.21. The third-order valence-electron chi connectivity index (χ3n) is 4.66. The van der Waals surface area contributed by atoms with Gasteiger partial charge in [0.1, 0.15) is 0 Å². The molecule has 0 aromatic heterocycles. The van der Waals surface area contributed by atoms with Gasteiger partial charge in [-0.25, -0.2) is 0 Å². The monoisotopic (exact) mass is 419 g/mol. The maximum atomic E-state index is 12.6. The summed E-state index contributed by atoms with van der Waals surface area (Å²) in [7, 11) is 0. The first-order valence-corrected chi connectivity index (χ1v) is 9.72. The number of halogens is 2. The molecule has 5 nitrogen and oxygen atoms in total. The lowest BCUT2D eigenvalue weighted by Gasteiger charge is -2.20. The number of nitrogens with zero attached hydrogens (tertiary/aromatic N) is 1. The molecule has 0 aliphatic carbocycles. The second kappa shape index (κ2) is 8.76. The Balaban J connectivity index is 1.70. The fourth-order valence-electron chi connectivity index (χ4n) is 3.15. The zero-order chi connectivity index (χ0) is 20.3. The average molecular weight is 420 g/mol. The molecule has 0 bridgehead atoms.